The molecule has 0 atom stereocenters. The first-order chi connectivity index (χ1) is 9.49. The second-order valence-electron chi connectivity index (χ2n) is 4.93. The Morgan fingerprint density at radius 1 is 0.900 bits per heavy atom. The third-order valence-corrected chi connectivity index (χ3v) is 4.31. The van der Waals surface area contributed by atoms with E-state index in [9.17, 15) is 9.59 Å². The fourth-order valence-corrected chi connectivity index (χ4v) is 2.68. The molecular formula is C16H12BrNO2. The molecule has 0 aromatic heterocycles. The van der Waals surface area contributed by atoms with Gasteiger partial charge in [0.2, 0.25) is 0 Å². The molecule has 1 aliphatic rings. The summed E-state index contributed by atoms with van der Waals surface area (Å²) < 4.78 is 0.878. The Morgan fingerprint density at radius 2 is 1.60 bits per heavy atom. The Balaban J connectivity index is 2.11. The summed E-state index contributed by atoms with van der Waals surface area (Å²) in [6.07, 6.45) is 0. The van der Waals surface area contributed by atoms with Gasteiger partial charge in [-0.3, -0.25) is 9.59 Å². The van der Waals surface area contributed by atoms with E-state index >= 15 is 0 Å². The van der Waals surface area contributed by atoms with Crippen LogP contribution in [0.15, 0.2) is 40.9 Å². The summed E-state index contributed by atoms with van der Waals surface area (Å²) in [6, 6.07) is 10.8. The summed E-state index contributed by atoms with van der Waals surface area (Å²) in [6.45, 7) is 3.86. The van der Waals surface area contributed by atoms with Crippen LogP contribution in [0, 0.1) is 13.8 Å². The van der Waals surface area contributed by atoms with Gasteiger partial charge in [-0.2, -0.15) is 0 Å². The molecule has 100 valence electrons. The van der Waals surface area contributed by atoms with Crippen LogP contribution in [0.5, 0.6) is 0 Å². The summed E-state index contributed by atoms with van der Waals surface area (Å²) in [5, 5.41) is 0. The second-order valence-corrected chi connectivity index (χ2v) is 5.78. The molecule has 0 fully saturated rings. The number of hydrogen-bond acceptors (Lipinski definition) is 2. The van der Waals surface area contributed by atoms with E-state index in [1.807, 2.05) is 26.0 Å². The van der Waals surface area contributed by atoms with Crippen LogP contribution < -0.4 is 4.90 Å². The van der Waals surface area contributed by atoms with Crippen LogP contribution in [0.25, 0.3) is 0 Å². The lowest BCUT2D eigenvalue weighted by Crippen LogP contribution is -2.29. The molecule has 3 rings (SSSR count). The number of rotatable bonds is 1. The van der Waals surface area contributed by atoms with Gasteiger partial charge in [0, 0.05) is 4.47 Å². The molecule has 3 nitrogen and oxygen atoms in total. The first-order valence-electron chi connectivity index (χ1n) is 6.24. The number of hydrogen-bond donors (Lipinski definition) is 0. The first kappa shape index (κ1) is 13.1. The van der Waals surface area contributed by atoms with E-state index in [0.717, 1.165) is 15.6 Å². The minimum absolute atomic E-state index is 0.260. The molecule has 0 saturated heterocycles. The average molecular weight is 330 g/mol. The number of halogens is 1. The van der Waals surface area contributed by atoms with E-state index in [-0.39, 0.29) is 11.8 Å². The number of amides is 2. The van der Waals surface area contributed by atoms with Gasteiger partial charge >= 0.3 is 0 Å². The third kappa shape index (κ3) is 1.88. The Bertz CT molecular complexity index is 752. The van der Waals surface area contributed by atoms with Crippen LogP contribution in [0.1, 0.15) is 31.8 Å². The fraction of sp³-hybridized carbons (Fsp3) is 0.125. The molecule has 0 aliphatic carbocycles. The van der Waals surface area contributed by atoms with E-state index in [0.29, 0.717) is 16.8 Å². The number of carbonyl (C=O) groups excluding carboxylic acids is 2. The number of imide groups is 1. The predicted octanol–water partition coefficient (Wildman–Crippen LogP) is 3.87. The molecule has 20 heavy (non-hydrogen) atoms. The molecular weight excluding hydrogens is 318 g/mol. The fourth-order valence-electron chi connectivity index (χ4n) is 2.31. The summed E-state index contributed by atoms with van der Waals surface area (Å²) in [5.74, 6) is -0.523. The maximum absolute atomic E-state index is 12.4. The van der Waals surface area contributed by atoms with Crippen molar-refractivity contribution in [2.75, 3.05) is 4.90 Å². The number of anilines is 1. The quantitative estimate of drug-likeness (QED) is 0.745. The molecule has 4 heteroatoms. The minimum Gasteiger partial charge on any atom is -0.268 e. The van der Waals surface area contributed by atoms with Crippen LogP contribution in [0.3, 0.4) is 0 Å². The standard InChI is InChI=1S/C16H12BrNO2/c1-9-3-6-12-13(7-9)16(20)18(15(12)19)11-5-4-10(2)14(17)8-11/h3-8H,1-2H3. The van der Waals surface area contributed by atoms with E-state index in [1.54, 1.807) is 24.3 Å². The van der Waals surface area contributed by atoms with Crippen molar-refractivity contribution in [2.45, 2.75) is 13.8 Å². The number of carbonyl (C=O) groups is 2. The van der Waals surface area contributed by atoms with Crippen molar-refractivity contribution in [3.8, 4) is 0 Å². The van der Waals surface area contributed by atoms with Crippen molar-refractivity contribution in [3.05, 3.63) is 63.1 Å². The molecule has 0 unspecified atom stereocenters. The van der Waals surface area contributed by atoms with Gasteiger partial charge in [0.15, 0.2) is 0 Å². The van der Waals surface area contributed by atoms with Crippen LogP contribution in [0.2, 0.25) is 0 Å². The van der Waals surface area contributed by atoms with Gasteiger partial charge in [-0.05, 0) is 43.7 Å². The first-order valence-corrected chi connectivity index (χ1v) is 7.04. The lowest BCUT2D eigenvalue weighted by molar-refractivity contribution is 0.0926. The smallest absolute Gasteiger partial charge is 0.266 e. The topological polar surface area (TPSA) is 37.4 Å². The molecule has 0 saturated carbocycles. The van der Waals surface area contributed by atoms with Gasteiger partial charge in [-0.15, -0.1) is 0 Å². The molecule has 0 radical (unpaired) electrons. The molecule has 2 aromatic rings. The van der Waals surface area contributed by atoms with Crippen molar-refractivity contribution in [1.29, 1.82) is 0 Å². The van der Waals surface area contributed by atoms with Crippen molar-refractivity contribution in [2.24, 2.45) is 0 Å². The molecule has 0 spiro atoms. The lowest BCUT2D eigenvalue weighted by atomic mass is 10.1. The molecule has 0 bridgehead atoms. The van der Waals surface area contributed by atoms with Crippen molar-refractivity contribution in [1.82, 2.24) is 0 Å². The normalized spacial score (nSPS) is 13.8. The maximum Gasteiger partial charge on any atom is 0.266 e. The molecule has 1 heterocycles. The monoisotopic (exact) mass is 329 g/mol. The molecule has 0 N–H and O–H groups in total. The average Bonchev–Trinajstić information content (AvgIpc) is 2.65. The Hall–Kier alpha value is -1.94. The molecule has 2 amide bonds. The summed E-state index contributed by atoms with van der Waals surface area (Å²) in [5.41, 5.74) is 3.56. The Kier molecular flexibility index (Phi) is 2.98. The van der Waals surface area contributed by atoms with Gasteiger partial charge < -0.3 is 0 Å². The van der Waals surface area contributed by atoms with Crippen molar-refractivity contribution >= 4 is 33.4 Å². The van der Waals surface area contributed by atoms with E-state index < -0.39 is 0 Å². The predicted molar refractivity (Wildman–Crippen MR) is 81.2 cm³/mol. The SMILES string of the molecule is Cc1ccc2c(c1)C(=O)N(c1ccc(C)c(Br)c1)C2=O. The van der Waals surface area contributed by atoms with Gasteiger partial charge in [0.05, 0.1) is 16.8 Å². The number of benzene rings is 2. The number of aryl methyl sites for hydroxylation is 2. The van der Waals surface area contributed by atoms with E-state index in [2.05, 4.69) is 15.9 Å². The third-order valence-electron chi connectivity index (χ3n) is 3.46. The van der Waals surface area contributed by atoms with Crippen molar-refractivity contribution < 1.29 is 9.59 Å². The maximum atomic E-state index is 12.4. The number of nitrogens with zero attached hydrogens (tertiary/aromatic N) is 1. The second kappa shape index (κ2) is 4.56. The molecule has 2 aromatic carbocycles. The molecule has 1 aliphatic heterocycles. The Labute approximate surface area is 125 Å². The summed E-state index contributed by atoms with van der Waals surface area (Å²) >= 11 is 3.43. The highest BCUT2D eigenvalue weighted by molar-refractivity contribution is 9.10. The van der Waals surface area contributed by atoms with Crippen LogP contribution in [-0.4, -0.2) is 11.8 Å². The lowest BCUT2D eigenvalue weighted by Gasteiger charge is -2.14. The zero-order valence-electron chi connectivity index (χ0n) is 11.1. The van der Waals surface area contributed by atoms with E-state index in [1.165, 1.54) is 4.90 Å². The van der Waals surface area contributed by atoms with Gasteiger partial charge in [-0.1, -0.05) is 33.6 Å². The van der Waals surface area contributed by atoms with Crippen LogP contribution >= 0.6 is 15.9 Å². The number of fused-ring (bicyclic) bond motifs is 1. The van der Waals surface area contributed by atoms with Gasteiger partial charge in [0.25, 0.3) is 11.8 Å². The highest BCUT2D eigenvalue weighted by atomic mass is 79.9. The zero-order chi connectivity index (χ0) is 14.4. The summed E-state index contributed by atoms with van der Waals surface area (Å²) in [4.78, 5) is 26.1. The summed E-state index contributed by atoms with van der Waals surface area (Å²) in [7, 11) is 0. The van der Waals surface area contributed by atoms with Crippen LogP contribution in [-0.2, 0) is 0 Å². The largest absolute Gasteiger partial charge is 0.268 e. The van der Waals surface area contributed by atoms with Gasteiger partial charge in [-0.25, -0.2) is 4.90 Å². The minimum atomic E-state index is -0.263. The highest BCUT2D eigenvalue weighted by Crippen LogP contribution is 2.31. The highest BCUT2D eigenvalue weighted by Gasteiger charge is 2.36. The van der Waals surface area contributed by atoms with Gasteiger partial charge in [0.1, 0.15) is 0 Å². The van der Waals surface area contributed by atoms with E-state index in [4.69, 9.17) is 0 Å². The Morgan fingerprint density at radius 3 is 2.30 bits per heavy atom. The van der Waals surface area contributed by atoms with Crippen LogP contribution in [0.4, 0.5) is 5.69 Å². The zero-order valence-corrected chi connectivity index (χ0v) is 12.7. The van der Waals surface area contributed by atoms with Crippen molar-refractivity contribution in [3.63, 3.8) is 0 Å².